The van der Waals surface area contributed by atoms with Crippen LogP contribution in [-0.4, -0.2) is 15.0 Å². The Bertz CT molecular complexity index is 810. The highest BCUT2D eigenvalue weighted by Crippen LogP contribution is 2.14. The highest BCUT2D eigenvalue weighted by atomic mass is 35.5. The summed E-state index contributed by atoms with van der Waals surface area (Å²) in [5, 5.41) is 0.329. The molecular formula is C15H11ClFNO2S. The molecular weight excluding hydrogens is 313 g/mol. The van der Waals surface area contributed by atoms with E-state index in [0.29, 0.717) is 5.02 Å². The van der Waals surface area contributed by atoms with E-state index in [1.165, 1.54) is 24.3 Å². The molecule has 0 amide bonds. The number of nitrogens with one attached hydrogen (secondary N) is 1. The van der Waals surface area contributed by atoms with Crippen LogP contribution in [0, 0.1) is 17.7 Å². The van der Waals surface area contributed by atoms with Crippen molar-refractivity contribution in [1.29, 1.82) is 0 Å². The predicted molar refractivity (Wildman–Crippen MR) is 79.9 cm³/mol. The molecule has 0 spiro atoms. The normalized spacial score (nSPS) is 10.8. The second kappa shape index (κ2) is 6.72. The van der Waals surface area contributed by atoms with Gasteiger partial charge in [-0.25, -0.2) is 12.8 Å². The van der Waals surface area contributed by atoms with Gasteiger partial charge in [-0.1, -0.05) is 41.6 Å². The Labute approximate surface area is 127 Å². The summed E-state index contributed by atoms with van der Waals surface area (Å²) in [7, 11) is -3.68. The van der Waals surface area contributed by atoms with Gasteiger partial charge in [-0.3, -0.25) is 0 Å². The zero-order valence-corrected chi connectivity index (χ0v) is 12.4. The smallest absolute Gasteiger partial charge is 0.207 e. The summed E-state index contributed by atoms with van der Waals surface area (Å²) >= 11 is 5.75. The number of benzene rings is 2. The van der Waals surface area contributed by atoms with Gasteiger partial charge < -0.3 is 0 Å². The first-order valence-electron chi connectivity index (χ1n) is 5.98. The summed E-state index contributed by atoms with van der Waals surface area (Å²) in [5.41, 5.74) is 0.222. The SMILES string of the molecule is O=S(=O)(NCC#Cc1ccccc1F)c1cccc(Cl)c1. The summed E-state index contributed by atoms with van der Waals surface area (Å²) < 4.78 is 39.5. The van der Waals surface area contributed by atoms with Crippen molar-refractivity contribution in [2.24, 2.45) is 0 Å². The molecule has 0 saturated heterocycles. The molecule has 2 rings (SSSR count). The molecule has 0 atom stereocenters. The van der Waals surface area contributed by atoms with Crippen LogP contribution in [0.4, 0.5) is 4.39 Å². The van der Waals surface area contributed by atoms with Gasteiger partial charge in [0, 0.05) is 5.02 Å². The van der Waals surface area contributed by atoms with Crippen LogP contribution in [0.5, 0.6) is 0 Å². The number of sulfonamides is 1. The molecule has 0 unspecified atom stereocenters. The fourth-order valence-electron chi connectivity index (χ4n) is 1.55. The van der Waals surface area contributed by atoms with Crippen molar-refractivity contribution < 1.29 is 12.8 Å². The minimum Gasteiger partial charge on any atom is -0.207 e. The topological polar surface area (TPSA) is 46.2 Å². The lowest BCUT2D eigenvalue weighted by molar-refractivity contribution is 0.586. The molecule has 6 heteroatoms. The first-order chi connectivity index (χ1) is 9.99. The Morgan fingerprint density at radius 3 is 2.62 bits per heavy atom. The highest BCUT2D eigenvalue weighted by Gasteiger charge is 2.12. The third kappa shape index (κ3) is 4.30. The van der Waals surface area contributed by atoms with Gasteiger partial charge in [-0.05, 0) is 30.3 Å². The Hall–Kier alpha value is -1.87. The molecule has 0 fully saturated rings. The van der Waals surface area contributed by atoms with Crippen LogP contribution in [0.15, 0.2) is 53.4 Å². The van der Waals surface area contributed by atoms with E-state index < -0.39 is 15.8 Å². The molecule has 3 nitrogen and oxygen atoms in total. The van der Waals surface area contributed by atoms with E-state index in [0.717, 1.165) is 0 Å². The molecule has 0 aliphatic rings. The maximum Gasteiger partial charge on any atom is 0.241 e. The van der Waals surface area contributed by atoms with Crippen LogP contribution < -0.4 is 4.72 Å². The van der Waals surface area contributed by atoms with E-state index >= 15 is 0 Å². The van der Waals surface area contributed by atoms with E-state index in [1.807, 2.05) is 0 Å². The zero-order chi connectivity index (χ0) is 15.3. The van der Waals surface area contributed by atoms with E-state index in [1.54, 1.807) is 24.3 Å². The third-order valence-corrected chi connectivity index (χ3v) is 4.19. The van der Waals surface area contributed by atoms with E-state index in [9.17, 15) is 12.8 Å². The lowest BCUT2D eigenvalue weighted by atomic mass is 10.2. The molecule has 2 aromatic rings. The van der Waals surface area contributed by atoms with Crippen molar-refractivity contribution in [2.75, 3.05) is 6.54 Å². The lowest BCUT2D eigenvalue weighted by Gasteiger charge is -2.03. The molecule has 1 N–H and O–H groups in total. The molecule has 21 heavy (non-hydrogen) atoms. The van der Waals surface area contributed by atoms with Crippen molar-refractivity contribution in [3.05, 3.63) is 64.9 Å². The van der Waals surface area contributed by atoms with Gasteiger partial charge in [-0.15, -0.1) is 0 Å². The number of hydrogen-bond donors (Lipinski definition) is 1. The lowest BCUT2D eigenvalue weighted by Crippen LogP contribution is -2.23. The Morgan fingerprint density at radius 2 is 1.90 bits per heavy atom. The maximum atomic E-state index is 13.3. The van der Waals surface area contributed by atoms with Gasteiger partial charge in [-0.2, -0.15) is 4.72 Å². The van der Waals surface area contributed by atoms with Crippen molar-refractivity contribution in [3.63, 3.8) is 0 Å². The van der Waals surface area contributed by atoms with E-state index in [4.69, 9.17) is 11.6 Å². The van der Waals surface area contributed by atoms with Crippen LogP contribution in [0.2, 0.25) is 5.02 Å². The van der Waals surface area contributed by atoms with Crippen LogP contribution >= 0.6 is 11.6 Å². The van der Waals surface area contributed by atoms with Crippen molar-refractivity contribution in [1.82, 2.24) is 4.72 Å². The van der Waals surface area contributed by atoms with Crippen molar-refractivity contribution >= 4 is 21.6 Å². The predicted octanol–water partition coefficient (Wildman–Crippen LogP) is 2.81. The van der Waals surface area contributed by atoms with Gasteiger partial charge >= 0.3 is 0 Å². The van der Waals surface area contributed by atoms with Crippen molar-refractivity contribution in [3.8, 4) is 11.8 Å². The fourth-order valence-corrected chi connectivity index (χ4v) is 2.77. The quantitative estimate of drug-likeness (QED) is 0.883. The summed E-state index contributed by atoms with van der Waals surface area (Å²) in [6.07, 6.45) is 0. The Kier molecular flexibility index (Phi) is 4.97. The Balaban J connectivity index is 2.06. The molecule has 0 aromatic heterocycles. The average molecular weight is 324 g/mol. The van der Waals surface area contributed by atoms with Crippen LogP contribution in [0.3, 0.4) is 0 Å². The monoisotopic (exact) mass is 323 g/mol. The molecule has 0 aliphatic heterocycles. The van der Waals surface area contributed by atoms with E-state index in [2.05, 4.69) is 16.6 Å². The number of hydrogen-bond acceptors (Lipinski definition) is 2. The Morgan fingerprint density at radius 1 is 1.14 bits per heavy atom. The third-order valence-electron chi connectivity index (χ3n) is 2.55. The summed E-state index contributed by atoms with van der Waals surface area (Å²) in [4.78, 5) is 0.0580. The van der Waals surface area contributed by atoms with Crippen LogP contribution in [-0.2, 0) is 10.0 Å². The highest BCUT2D eigenvalue weighted by molar-refractivity contribution is 7.89. The minimum absolute atomic E-state index is 0.0580. The first kappa shape index (κ1) is 15.5. The standard InChI is InChI=1S/C15H11ClFNO2S/c16-13-7-3-8-14(11-13)21(19,20)18-10-4-6-12-5-1-2-9-15(12)17/h1-3,5,7-9,11,18H,10H2. The zero-order valence-electron chi connectivity index (χ0n) is 10.8. The average Bonchev–Trinajstić information content (AvgIpc) is 2.45. The van der Waals surface area contributed by atoms with Gasteiger partial charge in [0.2, 0.25) is 10.0 Å². The van der Waals surface area contributed by atoms with Crippen LogP contribution in [0.25, 0.3) is 0 Å². The second-order valence-corrected chi connectivity index (χ2v) is 6.27. The minimum atomic E-state index is -3.68. The second-order valence-electron chi connectivity index (χ2n) is 4.06. The molecule has 0 radical (unpaired) electrons. The summed E-state index contributed by atoms with van der Waals surface area (Å²) in [6.45, 7) is -0.122. The molecule has 108 valence electrons. The molecule has 0 aliphatic carbocycles. The van der Waals surface area contributed by atoms with Crippen molar-refractivity contribution in [2.45, 2.75) is 4.90 Å². The van der Waals surface area contributed by atoms with Gasteiger partial charge in [0.05, 0.1) is 17.0 Å². The van der Waals surface area contributed by atoms with Gasteiger partial charge in [0.25, 0.3) is 0 Å². The summed E-state index contributed by atoms with van der Waals surface area (Å²) in [6, 6.07) is 11.9. The van der Waals surface area contributed by atoms with Gasteiger partial charge in [0.1, 0.15) is 5.82 Å². The number of halogens is 2. The number of rotatable bonds is 3. The maximum absolute atomic E-state index is 13.3. The van der Waals surface area contributed by atoms with Crippen LogP contribution in [0.1, 0.15) is 5.56 Å². The molecule has 0 bridgehead atoms. The fraction of sp³-hybridized carbons (Fsp3) is 0.0667. The van der Waals surface area contributed by atoms with Gasteiger partial charge in [0.15, 0.2) is 0 Å². The summed E-state index contributed by atoms with van der Waals surface area (Å²) in [5.74, 6) is 4.70. The molecule has 0 heterocycles. The molecule has 0 saturated carbocycles. The molecule has 2 aromatic carbocycles. The first-order valence-corrected chi connectivity index (χ1v) is 7.84. The van der Waals surface area contributed by atoms with E-state index in [-0.39, 0.29) is 17.0 Å². The largest absolute Gasteiger partial charge is 0.241 e.